The molecule has 0 saturated heterocycles. The molecule has 1 rings (SSSR count). The fraction of sp³-hybridized carbons (Fsp3) is 0.538. The Balaban J connectivity index is 2.64. The number of hydrogen-bond acceptors (Lipinski definition) is 5. The summed E-state index contributed by atoms with van der Waals surface area (Å²) in [6.45, 7) is 3.78. The fourth-order valence-corrected chi connectivity index (χ4v) is 3.50. The molecule has 0 amide bonds. The van der Waals surface area contributed by atoms with E-state index in [2.05, 4.69) is 0 Å². The van der Waals surface area contributed by atoms with Crippen molar-refractivity contribution in [3.63, 3.8) is 0 Å². The minimum Gasteiger partial charge on any atom is -0.491 e. The second-order valence-corrected chi connectivity index (χ2v) is 6.65. The second-order valence-electron chi connectivity index (χ2n) is 3.74. The van der Waals surface area contributed by atoms with Gasteiger partial charge in [0.2, 0.25) is 0 Å². The van der Waals surface area contributed by atoms with Gasteiger partial charge in [0.15, 0.2) is 0 Å². The third kappa shape index (κ3) is 4.29. The van der Waals surface area contributed by atoms with E-state index in [0.717, 1.165) is 10.9 Å². The first-order valence-electron chi connectivity index (χ1n) is 6.19. The highest BCUT2D eigenvalue weighted by Gasteiger charge is 2.40. The first kappa shape index (κ1) is 16.1. The average molecular weight is 286 g/mol. The number of benzene rings is 1. The smallest absolute Gasteiger partial charge is 0.491 e. The number of rotatable bonds is 9. The number of ether oxygens (including phenoxy) is 2. The Kier molecular flexibility index (Phi) is 7.04. The van der Waals surface area contributed by atoms with Crippen LogP contribution in [0.25, 0.3) is 0 Å². The molecule has 0 atom stereocenters. The summed E-state index contributed by atoms with van der Waals surface area (Å²) in [6.07, 6.45) is 0. The summed E-state index contributed by atoms with van der Waals surface area (Å²) in [5, 5.41) is 0.900. The van der Waals surface area contributed by atoms with Crippen molar-refractivity contribution in [1.82, 2.24) is 0 Å². The molecule has 0 aliphatic carbocycles. The highest BCUT2D eigenvalue weighted by molar-refractivity contribution is 6.75. The quantitative estimate of drug-likeness (QED) is 0.504. The van der Waals surface area contributed by atoms with Crippen LogP contribution in [0.1, 0.15) is 6.92 Å². The van der Waals surface area contributed by atoms with E-state index in [1.165, 1.54) is 0 Å². The number of hydrogen-bond donors (Lipinski definition) is 0. The van der Waals surface area contributed by atoms with Gasteiger partial charge in [-0.05, 0) is 19.1 Å². The molecule has 5 nitrogen and oxygen atoms in total. The molecule has 1 aromatic carbocycles. The van der Waals surface area contributed by atoms with Crippen molar-refractivity contribution in [2.45, 2.75) is 6.92 Å². The molecule has 108 valence electrons. The van der Waals surface area contributed by atoms with E-state index in [9.17, 15) is 0 Å². The monoisotopic (exact) mass is 286 g/mol. The Hall–Kier alpha value is -0.923. The van der Waals surface area contributed by atoms with E-state index in [1.807, 2.05) is 31.2 Å². The van der Waals surface area contributed by atoms with Crippen LogP contribution >= 0.6 is 0 Å². The summed E-state index contributed by atoms with van der Waals surface area (Å²) in [7, 11) is 2.03. The predicted molar refractivity (Wildman–Crippen MR) is 74.8 cm³/mol. The van der Waals surface area contributed by atoms with Gasteiger partial charge in [-0.2, -0.15) is 0 Å². The van der Waals surface area contributed by atoms with Crippen molar-refractivity contribution in [2.75, 3.05) is 41.2 Å². The van der Waals surface area contributed by atoms with E-state index in [-0.39, 0.29) is 0 Å². The lowest BCUT2D eigenvalue weighted by Crippen LogP contribution is -2.54. The Labute approximate surface area is 115 Å². The molecule has 0 N–H and O–H groups in total. The van der Waals surface area contributed by atoms with Crippen LogP contribution in [0.5, 0.6) is 5.75 Å². The van der Waals surface area contributed by atoms with E-state index in [4.69, 9.17) is 22.8 Å². The van der Waals surface area contributed by atoms with Gasteiger partial charge in [-0.3, -0.25) is 0 Å². The van der Waals surface area contributed by atoms with Crippen LogP contribution < -0.4 is 9.92 Å². The molecular weight excluding hydrogens is 264 g/mol. The van der Waals surface area contributed by atoms with E-state index < -0.39 is 8.80 Å². The zero-order valence-electron chi connectivity index (χ0n) is 12.0. The second kappa shape index (κ2) is 8.29. The lowest BCUT2D eigenvalue weighted by atomic mass is 10.3. The summed E-state index contributed by atoms with van der Waals surface area (Å²) in [6, 6.07) is 7.55. The molecule has 0 aliphatic rings. The normalized spacial score (nSPS) is 11.6. The molecule has 0 spiro atoms. The largest absolute Gasteiger partial charge is 0.536 e. The molecule has 19 heavy (non-hydrogen) atoms. The zero-order valence-corrected chi connectivity index (χ0v) is 13.0. The van der Waals surface area contributed by atoms with Gasteiger partial charge in [-0.25, -0.2) is 0 Å². The van der Waals surface area contributed by atoms with Crippen LogP contribution in [0.3, 0.4) is 0 Å². The molecule has 0 fully saturated rings. The van der Waals surface area contributed by atoms with Gasteiger partial charge < -0.3 is 22.8 Å². The highest BCUT2D eigenvalue weighted by atomic mass is 28.4. The van der Waals surface area contributed by atoms with Gasteiger partial charge >= 0.3 is 8.80 Å². The van der Waals surface area contributed by atoms with Crippen LogP contribution in [-0.2, 0) is 18.0 Å². The standard InChI is InChI=1S/C13H22O5Si/c1-5-17-10-11-18-12-6-8-13(9-7-12)19(14-2,15-3)16-4/h6-9H,5,10-11H2,1-4H3. The van der Waals surface area contributed by atoms with Crippen molar-refractivity contribution in [3.8, 4) is 5.75 Å². The summed E-state index contributed by atoms with van der Waals surface area (Å²) in [5.74, 6) is 0.787. The van der Waals surface area contributed by atoms with Gasteiger partial charge in [0.05, 0.1) is 6.61 Å². The molecule has 6 heteroatoms. The van der Waals surface area contributed by atoms with Crippen LogP contribution in [0.4, 0.5) is 0 Å². The van der Waals surface area contributed by atoms with Gasteiger partial charge in [-0.15, -0.1) is 0 Å². The lowest BCUT2D eigenvalue weighted by Gasteiger charge is -2.24. The molecule has 0 heterocycles. The van der Waals surface area contributed by atoms with Crippen LogP contribution in [0, 0.1) is 0 Å². The van der Waals surface area contributed by atoms with E-state index >= 15 is 0 Å². The molecule has 1 aromatic rings. The summed E-state index contributed by atoms with van der Waals surface area (Å²) in [4.78, 5) is 0. The first-order chi connectivity index (χ1) is 9.22. The Morgan fingerprint density at radius 1 is 0.895 bits per heavy atom. The predicted octanol–water partition coefficient (Wildman–Crippen LogP) is 1.19. The van der Waals surface area contributed by atoms with Crippen LogP contribution in [-0.4, -0.2) is 50.0 Å². The topological polar surface area (TPSA) is 46.2 Å². The summed E-state index contributed by atoms with van der Waals surface area (Å²) < 4.78 is 27.0. The SMILES string of the molecule is CCOCCOc1ccc([Si](OC)(OC)OC)cc1. The maximum absolute atomic E-state index is 5.54. The van der Waals surface area contributed by atoms with Crippen molar-refractivity contribution < 1.29 is 22.8 Å². The highest BCUT2D eigenvalue weighted by Crippen LogP contribution is 2.12. The molecule has 0 aromatic heterocycles. The van der Waals surface area contributed by atoms with Crippen molar-refractivity contribution in [1.29, 1.82) is 0 Å². The van der Waals surface area contributed by atoms with E-state index in [1.54, 1.807) is 21.3 Å². The Morgan fingerprint density at radius 2 is 1.47 bits per heavy atom. The maximum atomic E-state index is 5.54. The third-order valence-corrected chi connectivity index (χ3v) is 5.37. The van der Waals surface area contributed by atoms with Gasteiger partial charge in [0.25, 0.3) is 0 Å². The Bertz CT molecular complexity index is 342. The van der Waals surface area contributed by atoms with Crippen molar-refractivity contribution in [3.05, 3.63) is 24.3 Å². The third-order valence-electron chi connectivity index (χ3n) is 2.71. The van der Waals surface area contributed by atoms with Crippen molar-refractivity contribution in [2.24, 2.45) is 0 Å². The van der Waals surface area contributed by atoms with E-state index in [0.29, 0.717) is 19.8 Å². The molecule has 0 radical (unpaired) electrons. The Morgan fingerprint density at radius 3 is 1.95 bits per heavy atom. The van der Waals surface area contributed by atoms with Gasteiger partial charge in [-0.1, -0.05) is 12.1 Å². The lowest BCUT2D eigenvalue weighted by molar-refractivity contribution is 0.110. The first-order valence-corrected chi connectivity index (χ1v) is 7.91. The van der Waals surface area contributed by atoms with Crippen LogP contribution in [0.15, 0.2) is 24.3 Å². The minimum absolute atomic E-state index is 0.536. The van der Waals surface area contributed by atoms with Crippen molar-refractivity contribution >= 4 is 14.0 Å². The van der Waals surface area contributed by atoms with Crippen LogP contribution in [0.2, 0.25) is 0 Å². The minimum atomic E-state index is -2.74. The molecule has 0 bridgehead atoms. The molecule has 0 aliphatic heterocycles. The van der Waals surface area contributed by atoms with Gasteiger partial charge in [0.1, 0.15) is 12.4 Å². The zero-order chi connectivity index (χ0) is 14.1. The molecule has 0 unspecified atom stereocenters. The maximum Gasteiger partial charge on any atom is 0.536 e. The molecule has 0 saturated carbocycles. The summed E-state index contributed by atoms with van der Waals surface area (Å²) >= 11 is 0. The average Bonchev–Trinajstić information content (AvgIpc) is 2.47. The molecular formula is C13H22O5Si. The fourth-order valence-electron chi connectivity index (χ4n) is 1.72. The van der Waals surface area contributed by atoms with Gasteiger partial charge in [0, 0.05) is 33.1 Å². The summed E-state index contributed by atoms with van der Waals surface area (Å²) in [5.41, 5.74) is 0.